The van der Waals surface area contributed by atoms with Crippen molar-refractivity contribution in [1.29, 1.82) is 0 Å². The van der Waals surface area contributed by atoms with Gasteiger partial charge in [-0.2, -0.15) is 0 Å². The molecule has 0 bridgehead atoms. The number of carbonyl (C=O) groups excluding carboxylic acids is 1. The number of furan rings is 1. The number of amides is 2. The maximum absolute atomic E-state index is 11.4. The molecule has 1 atom stereocenters. The van der Waals surface area contributed by atoms with Crippen molar-refractivity contribution in [3.05, 3.63) is 24.2 Å². The lowest BCUT2D eigenvalue weighted by Gasteiger charge is -2.12. The van der Waals surface area contributed by atoms with Gasteiger partial charge in [0, 0.05) is 6.04 Å². The van der Waals surface area contributed by atoms with E-state index in [-0.39, 0.29) is 12.1 Å². The summed E-state index contributed by atoms with van der Waals surface area (Å²) in [4.78, 5) is 11.4. The summed E-state index contributed by atoms with van der Waals surface area (Å²) in [6.45, 7) is 2.49. The van der Waals surface area contributed by atoms with Crippen molar-refractivity contribution in [3.8, 4) is 0 Å². The minimum absolute atomic E-state index is 0.120. The Balaban J connectivity index is 1.68. The Morgan fingerprint density at radius 3 is 3.07 bits per heavy atom. The Bertz CT molecular complexity index is 317. The number of rotatable bonds is 4. The Morgan fingerprint density at radius 1 is 1.67 bits per heavy atom. The van der Waals surface area contributed by atoms with Crippen molar-refractivity contribution in [1.82, 2.24) is 10.6 Å². The van der Waals surface area contributed by atoms with Crippen LogP contribution in [0.25, 0.3) is 0 Å². The minimum atomic E-state index is -0.120. The zero-order chi connectivity index (χ0) is 10.7. The third-order valence-corrected chi connectivity index (χ3v) is 2.69. The fourth-order valence-corrected chi connectivity index (χ4v) is 1.55. The number of hydrogen-bond acceptors (Lipinski definition) is 2. The van der Waals surface area contributed by atoms with Crippen molar-refractivity contribution in [2.45, 2.75) is 32.4 Å². The van der Waals surface area contributed by atoms with Gasteiger partial charge in [0.2, 0.25) is 0 Å². The van der Waals surface area contributed by atoms with Gasteiger partial charge in [-0.25, -0.2) is 4.79 Å². The van der Waals surface area contributed by atoms with E-state index in [1.165, 1.54) is 12.8 Å². The van der Waals surface area contributed by atoms with Crippen LogP contribution in [0.1, 0.15) is 25.5 Å². The van der Waals surface area contributed by atoms with Crippen LogP contribution in [0.4, 0.5) is 4.79 Å². The molecule has 0 saturated heterocycles. The van der Waals surface area contributed by atoms with E-state index in [0.717, 1.165) is 5.76 Å². The van der Waals surface area contributed by atoms with Gasteiger partial charge in [-0.15, -0.1) is 0 Å². The molecule has 1 aromatic rings. The molecule has 4 heteroatoms. The lowest BCUT2D eigenvalue weighted by atomic mass is 10.2. The van der Waals surface area contributed by atoms with Crippen LogP contribution in [0.3, 0.4) is 0 Å². The molecule has 0 spiro atoms. The number of carbonyl (C=O) groups is 1. The molecule has 1 heterocycles. The topological polar surface area (TPSA) is 54.3 Å². The van der Waals surface area contributed by atoms with Gasteiger partial charge in [0.25, 0.3) is 0 Å². The Morgan fingerprint density at radius 2 is 2.47 bits per heavy atom. The largest absolute Gasteiger partial charge is 0.467 e. The predicted molar refractivity (Wildman–Crippen MR) is 56.3 cm³/mol. The van der Waals surface area contributed by atoms with Crippen LogP contribution in [0.15, 0.2) is 22.8 Å². The number of hydrogen-bond donors (Lipinski definition) is 2. The van der Waals surface area contributed by atoms with Gasteiger partial charge >= 0.3 is 6.03 Å². The quantitative estimate of drug-likeness (QED) is 0.793. The molecule has 1 fully saturated rings. The van der Waals surface area contributed by atoms with E-state index >= 15 is 0 Å². The molecule has 2 amide bonds. The average molecular weight is 208 g/mol. The second kappa shape index (κ2) is 4.38. The average Bonchev–Trinajstić information content (AvgIpc) is 2.93. The van der Waals surface area contributed by atoms with Gasteiger partial charge in [-0.1, -0.05) is 0 Å². The first-order chi connectivity index (χ1) is 7.25. The molecule has 1 aliphatic carbocycles. The van der Waals surface area contributed by atoms with Gasteiger partial charge in [0.05, 0.1) is 12.8 Å². The molecule has 0 aliphatic heterocycles. The molecule has 15 heavy (non-hydrogen) atoms. The number of urea groups is 1. The second-order valence-corrected chi connectivity index (χ2v) is 4.03. The molecule has 1 unspecified atom stereocenters. The Labute approximate surface area is 89.0 Å². The normalized spacial score (nSPS) is 17.1. The summed E-state index contributed by atoms with van der Waals surface area (Å²) in [6.07, 6.45) is 4.07. The first kappa shape index (κ1) is 10.1. The Hall–Kier alpha value is -1.45. The van der Waals surface area contributed by atoms with Crippen molar-refractivity contribution in [3.63, 3.8) is 0 Å². The van der Waals surface area contributed by atoms with Crippen LogP contribution in [0.2, 0.25) is 0 Å². The summed E-state index contributed by atoms with van der Waals surface area (Å²) in [7, 11) is 0. The molecule has 4 nitrogen and oxygen atoms in total. The third-order valence-electron chi connectivity index (χ3n) is 2.69. The fraction of sp³-hybridized carbons (Fsp3) is 0.545. The van der Waals surface area contributed by atoms with Crippen molar-refractivity contribution < 1.29 is 9.21 Å². The summed E-state index contributed by atoms with van der Waals surface area (Å²) < 4.78 is 5.11. The first-order valence-corrected chi connectivity index (χ1v) is 5.32. The molecule has 0 radical (unpaired) electrons. The highest BCUT2D eigenvalue weighted by Crippen LogP contribution is 2.32. The highest BCUT2D eigenvalue weighted by atomic mass is 16.3. The lowest BCUT2D eigenvalue weighted by molar-refractivity contribution is 0.235. The van der Waals surface area contributed by atoms with Gasteiger partial charge in [0.1, 0.15) is 5.76 Å². The van der Waals surface area contributed by atoms with Gasteiger partial charge in [-0.3, -0.25) is 0 Å². The maximum atomic E-state index is 11.4. The van der Waals surface area contributed by atoms with Crippen LogP contribution in [-0.4, -0.2) is 12.1 Å². The van der Waals surface area contributed by atoms with Crippen molar-refractivity contribution in [2.24, 2.45) is 5.92 Å². The molecule has 1 aliphatic rings. The SMILES string of the molecule is CC(NC(=O)NCc1ccco1)C1CC1. The summed E-state index contributed by atoms with van der Waals surface area (Å²) in [5, 5.41) is 5.67. The van der Waals surface area contributed by atoms with E-state index in [4.69, 9.17) is 4.42 Å². The monoisotopic (exact) mass is 208 g/mol. The van der Waals surface area contributed by atoms with Crippen LogP contribution in [0, 0.1) is 5.92 Å². The van der Waals surface area contributed by atoms with Crippen molar-refractivity contribution in [2.75, 3.05) is 0 Å². The van der Waals surface area contributed by atoms with E-state index in [9.17, 15) is 4.79 Å². The zero-order valence-corrected chi connectivity index (χ0v) is 8.82. The van der Waals surface area contributed by atoms with E-state index in [1.54, 1.807) is 6.26 Å². The first-order valence-electron chi connectivity index (χ1n) is 5.32. The van der Waals surface area contributed by atoms with Crippen molar-refractivity contribution >= 4 is 6.03 Å². The zero-order valence-electron chi connectivity index (χ0n) is 8.82. The van der Waals surface area contributed by atoms with Crippen LogP contribution < -0.4 is 10.6 Å². The predicted octanol–water partition coefficient (Wildman–Crippen LogP) is 1.88. The van der Waals surface area contributed by atoms with Gasteiger partial charge < -0.3 is 15.1 Å². The summed E-state index contributed by atoms with van der Waals surface area (Å²) in [5.41, 5.74) is 0. The van der Waals surface area contributed by atoms with Crippen LogP contribution >= 0.6 is 0 Å². The van der Waals surface area contributed by atoms with Gasteiger partial charge in [-0.05, 0) is 37.8 Å². The molecule has 82 valence electrons. The summed E-state index contributed by atoms with van der Waals surface area (Å²) in [6, 6.07) is 3.80. The standard InChI is InChI=1S/C11H16N2O2/c1-8(9-4-5-9)13-11(14)12-7-10-3-2-6-15-10/h2-3,6,8-9H,4-5,7H2,1H3,(H2,12,13,14). The molecule has 2 rings (SSSR count). The Kier molecular flexibility index (Phi) is 2.94. The third kappa shape index (κ3) is 3.01. The molecular formula is C11H16N2O2. The van der Waals surface area contributed by atoms with Crippen LogP contribution in [-0.2, 0) is 6.54 Å². The van der Waals surface area contributed by atoms with E-state index < -0.39 is 0 Å². The minimum Gasteiger partial charge on any atom is -0.467 e. The fourth-order valence-electron chi connectivity index (χ4n) is 1.55. The molecule has 1 aromatic heterocycles. The van der Waals surface area contributed by atoms with Crippen LogP contribution in [0.5, 0.6) is 0 Å². The molecular weight excluding hydrogens is 192 g/mol. The van der Waals surface area contributed by atoms with E-state index in [2.05, 4.69) is 10.6 Å². The summed E-state index contributed by atoms with van der Waals surface area (Å²) >= 11 is 0. The molecule has 0 aromatic carbocycles. The summed E-state index contributed by atoms with van der Waals surface area (Å²) in [5.74, 6) is 1.45. The van der Waals surface area contributed by atoms with E-state index in [0.29, 0.717) is 12.5 Å². The smallest absolute Gasteiger partial charge is 0.315 e. The molecule has 1 saturated carbocycles. The lowest BCUT2D eigenvalue weighted by Crippen LogP contribution is -2.41. The molecule has 2 N–H and O–H groups in total. The number of nitrogens with one attached hydrogen (secondary N) is 2. The maximum Gasteiger partial charge on any atom is 0.315 e. The highest BCUT2D eigenvalue weighted by molar-refractivity contribution is 5.74. The second-order valence-electron chi connectivity index (χ2n) is 4.03. The van der Waals surface area contributed by atoms with Gasteiger partial charge in [0.15, 0.2) is 0 Å². The highest BCUT2D eigenvalue weighted by Gasteiger charge is 2.28. The van der Waals surface area contributed by atoms with E-state index in [1.807, 2.05) is 19.1 Å².